The van der Waals surface area contributed by atoms with E-state index in [1.807, 2.05) is 0 Å². The maximum absolute atomic E-state index is 12.8. The number of nitrogens with zero attached hydrogens (tertiary/aromatic N) is 3. The Morgan fingerprint density at radius 2 is 2.14 bits per heavy atom. The lowest BCUT2D eigenvalue weighted by Crippen LogP contribution is -2.19. The molecule has 0 aromatic heterocycles. The lowest BCUT2D eigenvalue weighted by molar-refractivity contribution is -0.388. The van der Waals surface area contributed by atoms with Gasteiger partial charge >= 0.3 is 6.18 Å². The zero-order chi connectivity index (χ0) is 16.3. The SMILES string of the molecule is O=C1CSC(=NN=Cc2cccc(C(F)(F)F)c2[N+](=O)[O-])N1. The molecule has 0 spiro atoms. The van der Waals surface area contributed by atoms with Crippen LogP contribution in [0.4, 0.5) is 18.9 Å². The zero-order valence-electron chi connectivity index (χ0n) is 10.6. The second kappa shape index (κ2) is 6.13. The molecule has 0 atom stereocenters. The van der Waals surface area contributed by atoms with Crippen molar-refractivity contribution in [2.45, 2.75) is 6.18 Å². The van der Waals surface area contributed by atoms with E-state index < -0.39 is 22.4 Å². The molecule has 0 bridgehead atoms. The summed E-state index contributed by atoms with van der Waals surface area (Å²) in [7, 11) is 0. The largest absolute Gasteiger partial charge is 0.423 e. The first-order chi connectivity index (χ1) is 10.3. The second-order valence-electron chi connectivity index (χ2n) is 3.98. The lowest BCUT2D eigenvalue weighted by Gasteiger charge is -2.08. The molecule has 7 nitrogen and oxygen atoms in total. The Balaban J connectivity index is 2.35. The fourth-order valence-corrected chi connectivity index (χ4v) is 2.25. The van der Waals surface area contributed by atoms with Crippen LogP contribution in [0.2, 0.25) is 0 Å². The van der Waals surface area contributed by atoms with Crippen LogP contribution in [0.5, 0.6) is 0 Å². The summed E-state index contributed by atoms with van der Waals surface area (Å²) < 4.78 is 38.3. The van der Waals surface area contributed by atoms with Crippen molar-refractivity contribution in [3.8, 4) is 0 Å². The highest BCUT2D eigenvalue weighted by Gasteiger charge is 2.39. The molecular weight excluding hydrogens is 325 g/mol. The van der Waals surface area contributed by atoms with Gasteiger partial charge in [-0.3, -0.25) is 14.9 Å². The van der Waals surface area contributed by atoms with Gasteiger partial charge in [-0.05, 0) is 12.1 Å². The monoisotopic (exact) mass is 332 g/mol. The Hall–Kier alpha value is -2.43. The zero-order valence-corrected chi connectivity index (χ0v) is 11.4. The second-order valence-corrected chi connectivity index (χ2v) is 4.95. The van der Waals surface area contributed by atoms with Crippen LogP contribution in [0.3, 0.4) is 0 Å². The van der Waals surface area contributed by atoms with Crippen molar-refractivity contribution in [2.24, 2.45) is 10.2 Å². The summed E-state index contributed by atoms with van der Waals surface area (Å²) in [6.45, 7) is 0. The quantitative estimate of drug-likeness (QED) is 0.521. The molecule has 1 aromatic carbocycles. The third-order valence-corrected chi connectivity index (χ3v) is 3.35. The number of carbonyl (C=O) groups is 1. The van der Waals surface area contributed by atoms with Crippen LogP contribution in [-0.4, -0.2) is 28.0 Å². The van der Waals surface area contributed by atoms with Crippen LogP contribution < -0.4 is 5.32 Å². The van der Waals surface area contributed by atoms with Gasteiger partial charge < -0.3 is 5.32 Å². The molecule has 11 heteroatoms. The molecule has 0 radical (unpaired) electrons. The molecule has 1 aromatic rings. The molecular formula is C11H7F3N4O3S. The minimum atomic E-state index is -4.85. The van der Waals surface area contributed by atoms with Crippen LogP contribution in [-0.2, 0) is 11.0 Å². The number of halogens is 3. The van der Waals surface area contributed by atoms with Crippen LogP contribution in [0.25, 0.3) is 0 Å². The van der Waals surface area contributed by atoms with Gasteiger partial charge in [0.15, 0.2) is 5.17 Å². The standard InChI is InChI=1S/C11H7F3N4O3S/c12-11(13,14)7-3-1-2-6(9(7)18(20)21)4-15-17-10-16-8(19)5-22-10/h1-4H,5H2,(H,16,17,19). The van der Waals surface area contributed by atoms with E-state index in [1.165, 1.54) is 0 Å². The van der Waals surface area contributed by atoms with E-state index in [-0.39, 0.29) is 22.4 Å². The molecule has 1 saturated heterocycles. The van der Waals surface area contributed by atoms with Crippen molar-refractivity contribution in [2.75, 3.05) is 5.75 Å². The Bertz CT molecular complexity index is 688. The number of alkyl halides is 3. The van der Waals surface area contributed by atoms with Gasteiger partial charge in [-0.2, -0.15) is 18.3 Å². The Kier molecular flexibility index (Phi) is 4.45. The van der Waals surface area contributed by atoms with E-state index in [1.54, 1.807) is 0 Å². The number of nitro groups is 1. The average molecular weight is 332 g/mol. The number of carbonyl (C=O) groups excluding carboxylic acids is 1. The summed E-state index contributed by atoms with van der Waals surface area (Å²) in [5.74, 6) is -0.109. The number of hydrogen-bond acceptors (Lipinski definition) is 6. The van der Waals surface area contributed by atoms with Gasteiger partial charge in [-0.15, -0.1) is 5.10 Å². The van der Waals surface area contributed by atoms with E-state index in [0.717, 1.165) is 30.1 Å². The van der Waals surface area contributed by atoms with E-state index in [0.29, 0.717) is 6.07 Å². The summed E-state index contributed by atoms with van der Waals surface area (Å²) in [4.78, 5) is 20.7. The highest BCUT2D eigenvalue weighted by Crippen LogP contribution is 2.37. The molecule has 0 unspecified atom stereocenters. The number of amidine groups is 1. The molecule has 1 N–H and O–H groups in total. The van der Waals surface area contributed by atoms with Gasteiger partial charge in [0.2, 0.25) is 5.91 Å². The summed E-state index contributed by atoms with van der Waals surface area (Å²) in [5.41, 5.74) is -2.79. The van der Waals surface area contributed by atoms with Crippen LogP contribution in [0, 0.1) is 10.1 Å². The first-order valence-electron chi connectivity index (χ1n) is 5.67. The number of nitrogens with one attached hydrogen (secondary N) is 1. The molecule has 116 valence electrons. The van der Waals surface area contributed by atoms with Gasteiger partial charge in [-0.25, -0.2) is 0 Å². The maximum Gasteiger partial charge on any atom is 0.423 e. The smallest absolute Gasteiger partial charge is 0.303 e. The molecule has 22 heavy (non-hydrogen) atoms. The van der Waals surface area contributed by atoms with Crippen molar-refractivity contribution < 1.29 is 22.9 Å². The Labute approximate surface area is 125 Å². The van der Waals surface area contributed by atoms with Crippen molar-refractivity contribution in [1.29, 1.82) is 0 Å². The fourth-order valence-electron chi connectivity index (χ4n) is 1.62. The third kappa shape index (κ3) is 3.61. The maximum atomic E-state index is 12.8. The number of nitro benzene ring substituents is 1. The minimum absolute atomic E-state index is 0.165. The topological polar surface area (TPSA) is 97.0 Å². The summed E-state index contributed by atoms with van der Waals surface area (Å²) in [6, 6.07) is 2.78. The van der Waals surface area contributed by atoms with E-state index in [2.05, 4.69) is 15.5 Å². The van der Waals surface area contributed by atoms with Crippen molar-refractivity contribution in [3.63, 3.8) is 0 Å². The average Bonchev–Trinajstić information content (AvgIpc) is 2.83. The molecule has 1 fully saturated rings. The van der Waals surface area contributed by atoms with Crippen LogP contribution in [0.15, 0.2) is 28.4 Å². The molecule has 0 aliphatic carbocycles. The van der Waals surface area contributed by atoms with E-state index >= 15 is 0 Å². The normalized spacial score (nSPS) is 17.2. The number of hydrogen-bond donors (Lipinski definition) is 1. The molecule has 1 aliphatic heterocycles. The number of para-hydroxylation sites is 1. The number of rotatable bonds is 3. The van der Waals surface area contributed by atoms with E-state index in [9.17, 15) is 28.1 Å². The predicted octanol–water partition coefficient (Wildman–Crippen LogP) is 2.17. The summed E-state index contributed by atoms with van der Waals surface area (Å²) in [6.07, 6.45) is -4.02. The first-order valence-corrected chi connectivity index (χ1v) is 6.66. The number of benzene rings is 1. The first kappa shape index (κ1) is 15.9. The van der Waals surface area contributed by atoms with Gasteiger partial charge in [-0.1, -0.05) is 17.8 Å². The highest BCUT2D eigenvalue weighted by molar-refractivity contribution is 8.15. The molecule has 1 aliphatic rings. The number of thioether (sulfide) groups is 1. The number of amides is 1. The summed E-state index contributed by atoms with van der Waals surface area (Å²) >= 11 is 1.07. The Morgan fingerprint density at radius 3 is 2.68 bits per heavy atom. The van der Waals surface area contributed by atoms with Crippen molar-refractivity contribution in [1.82, 2.24) is 5.32 Å². The van der Waals surface area contributed by atoms with Gasteiger partial charge in [0.25, 0.3) is 5.69 Å². The Morgan fingerprint density at radius 1 is 1.41 bits per heavy atom. The predicted molar refractivity (Wildman–Crippen MR) is 73.7 cm³/mol. The van der Waals surface area contributed by atoms with Gasteiger partial charge in [0, 0.05) is 0 Å². The van der Waals surface area contributed by atoms with E-state index in [4.69, 9.17) is 0 Å². The van der Waals surface area contributed by atoms with Gasteiger partial charge in [0.05, 0.1) is 22.5 Å². The molecule has 1 heterocycles. The minimum Gasteiger partial charge on any atom is -0.303 e. The molecule has 0 saturated carbocycles. The molecule has 1 amide bonds. The van der Waals surface area contributed by atoms with Crippen molar-refractivity contribution in [3.05, 3.63) is 39.4 Å². The van der Waals surface area contributed by atoms with Gasteiger partial charge in [0.1, 0.15) is 5.56 Å². The van der Waals surface area contributed by atoms with Crippen LogP contribution >= 0.6 is 11.8 Å². The lowest BCUT2D eigenvalue weighted by atomic mass is 10.1. The summed E-state index contributed by atoms with van der Waals surface area (Å²) in [5, 5.41) is 20.5. The molecule has 2 rings (SSSR count). The fraction of sp³-hybridized carbons (Fsp3) is 0.182. The van der Waals surface area contributed by atoms with Crippen LogP contribution in [0.1, 0.15) is 11.1 Å². The van der Waals surface area contributed by atoms with Crippen molar-refractivity contribution >= 4 is 34.7 Å². The third-order valence-electron chi connectivity index (χ3n) is 2.49. The highest BCUT2D eigenvalue weighted by atomic mass is 32.2.